The second-order valence-corrected chi connectivity index (χ2v) is 9.34. The van der Waals surface area contributed by atoms with Crippen LogP contribution in [0.4, 0.5) is 15.8 Å². The highest BCUT2D eigenvalue weighted by molar-refractivity contribution is 6.00. The van der Waals surface area contributed by atoms with Crippen LogP contribution in [0.25, 0.3) is 22.7 Å². The summed E-state index contributed by atoms with van der Waals surface area (Å²) in [6, 6.07) is 14.5. The van der Waals surface area contributed by atoms with Crippen molar-refractivity contribution >= 4 is 22.8 Å². The third-order valence-corrected chi connectivity index (χ3v) is 5.99. The molecule has 0 fully saturated rings. The minimum absolute atomic E-state index is 0.160. The van der Waals surface area contributed by atoms with Gasteiger partial charge in [0.1, 0.15) is 12.2 Å². The molecule has 1 amide bonds. The van der Waals surface area contributed by atoms with Gasteiger partial charge in [0.2, 0.25) is 0 Å². The van der Waals surface area contributed by atoms with E-state index >= 15 is 0 Å². The molecule has 5 aromatic rings. The highest BCUT2D eigenvalue weighted by Crippen LogP contribution is 2.28. The van der Waals surface area contributed by atoms with E-state index in [1.165, 1.54) is 26.2 Å². The van der Waals surface area contributed by atoms with E-state index in [0.717, 1.165) is 0 Å². The Hall–Kier alpha value is -5.15. The Morgan fingerprint density at radius 2 is 2.00 bits per heavy atom. The molecule has 0 bridgehead atoms. The smallest absolute Gasteiger partial charge is 0.255 e. The minimum Gasteiger partial charge on any atom is -0.387 e. The number of aliphatic hydroxyl groups is 1. The molecule has 0 spiro atoms. The van der Waals surface area contributed by atoms with E-state index in [1.54, 1.807) is 52.1 Å². The number of nitrogens with zero attached hydrogens (tertiary/aromatic N) is 7. The molecule has 0 aliphatic heterocycles. The molecule has 3 N–H and O–H groups in total. The first-order valence-electron chi connectivity index (χ1n) is 12.0. The van der Waals surface area contributed by atoms with Crippen molar-refractivity contribution in [1.29, 1.82) is 5.26 Å². The number of carbonyl (C=O) groups excluding carboxylic acids is 1. The molecule has 39 heavy (non-hydrogen) atoms. The average Bonchev–Trinajstić information content (AvgIpc) is 3.58. The van der Waals surface area contributed by atoms with Gasteiger partial charge in [0, 0.05) is 12.4 Å². The van der Waals surface area contributed by atoms with Crippen molar-refractivity contribution in [3.8, 4) is 23.3 Å². The molecule has 0 saturated heterocycles. The van der Waals surface area contributed by atoms with Crippen LogP contribution < -0.4 is 10.6 Å². The molecular formula is C27H24FN9O2. The van der Waals surface area contributed by atoms with Gasteiger partial charge in [0.25, 0.3) is 5.91 Å². The number of nitrogens with one attached hydrogen (secondary N) is 2. The predicted octanol–water partition coefficient (Wildman–Crippen LogP) is 3.43. The molecule has 0 aliphatic rings. The highest BCUT2D eigenvalue weighted by Gasteiger charge is 2.27. The summed E-state index contributed by atoms with van der Waals surface area (Å²) in [5.74, 6) is 0.0411. The van der Waals surface area contributed by atoms with Gasteiger partial charge < -0.3 is 15.7 Å². The Bertz CT molecular complexity index is 1680. The van der Waals surface area contributed by atoms with E-state index in [4.69, 9.17) is 0 Å². The summed E-state index contributed by atoms with van der Waals surface area (Å²) in [6.45, 7) is 2.29. The van der Waals surface area contributed by atoms with Crippen molar-refractivity contribution in [2.45, 2.75) is 25.6 Å². The summed E-state index contributed by atoms with van der Waals surface area (Å²) in [4.78, 5) is 21.8. The maximum atomic E-state index is 14.3. The van der Waals surface area contributed by atoms with Crippen molar-refractivity contribution in [2.24, 2.45) is 0 Å². The van der Waals surface area contributed by atoms with Crippen LogP contribution in [0.2, 0.25) is 0 Å². The van der Waals surface area contributed by atoms with Gasteiger partial charge in [-0.2, -0.15) is 15.5 Å². The van der Waals surface area contributed by atoms with Gasteiger partial charge in [-0.25, -0.2) is 18.6 Å². The van der Waals surface area contributed by atoms with Crippen LogP contribution in [0.5, 0.6) is 0 Å². The van der Waals surface area contributed by atoms with Crippen molar-refractivity contribution in [1.82, 2.24) is 34.7 Å². The normalized spacial score (nSPS) is 12.2. The number of hydrogen-bond acceptors (Lipinski definition) is 8. The molecule has 0 radical (unpaired) electrons. The number of carbonyl (C=O) groups is 1. The summed E-state index contributed by atoms with van der Waals surface area (Å²) < 4.78 is 17.5. The van der Waals surface area contributed by atoms with Gasteiger partial charge in [0.15, 0.2) is 5.82 Å². The standard InChI is InChI=1S/C27H24FN9O2/c1-27(2,39)24(28)15-32-26(38)20-14-31-22(23-7-6-19-9-17(11-29)12-34-37(19)23)10-21(20)35-18-13-33-36(16-18)25-5-3-4-8-30-25/h3-10,12-14,16,24,39H,15H2,1-2H3,(H,31,35)(H,32,38)/t24-/m1/s1. The van der Waals surface area contributed by atoms with Gasteiger partial charge in [-0.15, -0.1) is 0 Å². The minimum atomic E-state index is -1.67. The maximum absolute atomic E-state index is 14.3. The molecule has 196 valence electrons. The van der Waals surface area contributed by atoms with Crippen LogP contribution in [-0.4, -0.2) is 58.7 Å². The lowest BCUT2D eigenvalue weighted by atomic mass is 10.0. The Morgan fingerprint density at radius 1 is 1.15 bits per heavy atom. The molecular weight excluding hydrogens is 501 g/mol. The van der Waals surface area contributed by atoms with Crippen LogP contribution in [0.15, 0.2) is 73.4 Å². The molecule has 12 heteroatoms. The third kappa shape index (κ3) is 5.43. The lowest BCUT2D eigenvalue weighted by Crippen LogP contribution is -2.42. The fourth-order valence-electron chi connectivity index (χ4n) is 3.82. The highest BCUT2D eigenvalue weighted by atomic mass is 19.1. The zero-order valence-electron chi connectivity index (χ0n) is 21.1. The zero-order valence-corrected chi connectivity index (χ0v) is 21.1. The Kier molecular flexibility index (Phi) is 6.74. The predicted molar refractivity (Wildman–Crippen MR) is 141 cm³/mol. The summed E-state index contributed by atoms with van der Waals surface area (Å²) in [5.41, 5.74) is 1.79. The summed E-state index contributed by atoms with van der Waals surface area (Å²) in [7, 11) is 0. The number of rotatable bonds is 8. The summed E-state index contributed by atoms with van der Waals surface area (Å²) >= 11 is 0. The molecule has 0 saturated carbocycles. The number of nitriles is 1. The third-order valence-electron chi connectivity index (χ3n) is 5.99. The van der Waals surface area contributed by atoms with Crippen LogP contribution in [0.3, 0.4) is 0 Å². The first-order chi connectivity index (χ1) is 18.7. The average molecular weight is 526 g/mol. The van der Waals surface area contributed by atoms with Crippen molar-refractivity contribution in [3.63, 3.8) is 0 Å². The van der Waals surface area contributed by atoms with Gasteiger partial charge in [-0.05, 0) is 50.2 Å². The Morgan fingerprint density at radius 3 is 2.74 bits per heavy atom. The van der Waals surface area contributed by atoms with E-state index in [-0.39, 0.29) is 12.1 Å². The number of alkyl halides is 1. The number of aromatic nitrogens is 6. The molecule has 1 atom stereocenters. The van der Waals surface area contributed by atoms with Gasteiger partial charge in [-0.1, -0.05) is 6.07 Å². The molecule has 0 aromatic carbocycles. The van der Waals surface area contributed by atoms with Crippen LogP contribution >= 0.6 is 0 Å². The number of fused-ring (bicyclic) bond motifs is 1. The van der Waals surface area contributed by atoms with E-state index in [9.17, 15) is 19.6 Å². The van der Waals surface area contributed by atoms with Gasteiger partial charge in [0.05, 0.1) is 70.1 Å². The fraction of sp³-hybridized carbons (Fsp3) is 0.185. The number of pyridine rings is 2. The zero-order chi connectivity index (χ0) is 27.6. The Balaban J connectivity index is 1.50. The van der Waals surface area contributed by atoms with E-state index < -0.39 is 17.7 Å². The number of hydrogen-bond donors (Lipinski definition) is 3. The number of anilines is 2. The van der Waals surface area contributed by atoms with Crippen LogP contribution in [0.1, 0.15) is 29.8 Å². The quantitative estimate of drug-likeness (QED) is 0.279. The van der Waals surface area contributed by atoms with Crippen molar-refractivity contribution in [2.75, 3.05) is 11.9 Å². The summed E-state index contributed by atoms with van der Waals surface area (Å²) in [5, 5.41) is 33.5. The number of amides is 1. The van der Waals surface area contributed by atoms with E-state index in [1.807, 2.05) is 18.2 Å². The largest absolute Gasteiger partial charge is 0.387 e. The fourth-order valence-corrected chi connectivity index (χ4v) is 3.82. The molecule has 5 aromatic heterocycles. The van der Waals surface area contributed by atoms with E-state index in [2.05, 4.69) is 36.9 Å². The summed E-state index contributed by atoms with van der Waals surface area (Å²) in [6.07, 6.45) is 6.13. The lowest BCUT2D eigenvalue weighted by molar-refractivity contribution is -0.00177. The maximum Gasteiger partial charge on any atom is 0.255 e. The Labute approximate surface area is 222 Å². The second-order valence-electron chi connectivity index (χ2n) is 9.34. The topological polar surface area (TPSA) is 146 Å². The molecule has 0 aliphatic carbocycles. The molecule has 5 heterocycles. The SMILES string of the molecule is CC(C)(O)[C@H](F)CNC(=O)c1cnc(-c2ccc3cc(C#N)cnn23)cc1Nc1cnn(-c2ccccn2)c1. The number of halogens is 1. The monoisotopic (exact) mass is 525 g/mol. The first-order valence-corrected chi connectivity index (χ1v) is 12.0. The molecule has 11 nitrogen and oxygen atoms in total. The van der Waals surface area contributed by atoms with Crippen LogP contribution in [0, 0.1) is 11.3 Å². The lowest BCUT2D eigenvalue weighted by Gasteiger charge is -2.22. The van der Waals surface area contributed by atoms with Gasteiger partial charge >= 0.3 is 0 Å². The van der Waals surface area contributed by atoms with Crippen molar-refractivity contribution < 1.29 is 14.3 Å². The van der Waals surface area contributed by atoms with E-state index in [0.29, 0.717) is 39.7 Å². The second kappa shape index (κ2) is 10.3. The first kappa shape index (κ1) is 25.5. The van der Waals surface area contributed by atoms with Gasteiger partial charge in [-0.3, -0.25) is 9.78 Å². The van der Waals surface area contributed by atoms with Crippen molar-refractivity contribution in [3.05, 3.63) is 84.6 Å². The van der Waals surface area contributed by atoms with Crippen LogP contribution in [-0.2, 0) is 0 Å². The molecule has 5 rings (SSSR count). The molecule has 0 unspecified atom stereocenters.